The van der Waals surface area contributed by atoms with Crippen molar-refractivity contribution in [2.75, 3.05) is 5.73 Å². The van der Waals surface area contributed by atoms with E-state index in [0.717, 1.165) is 10.9 Å². The Bertz CT molecular complexity index is 472. The zero-order chi connectivity index (χ0) is 14.5. The van der Waals surface area contributed by atoms with Crippen LogP contribution < -0.4 is 11.1 Å². The molecule has 1 amide bonds. The second-order valence-electron chi connectivity index (χ2n) is 5.47. The minimum absolute atomic E-state index is 0.117. The number of hydrogen-bond donors (Lipinski definition) is 2. The summed E-state index contributed by atoms with van der Waals surface area (Å²) in [5.41, 5.74) is 6.25. The van der Waals surface area contributed by atoms with Gasteiger partial charge in [-0.1, -0.05) is 26.2 Å². The largest absolute Gasteiger partial charge is 0.383 e. The van der Waals surface area contributed by atoms with Gasteiger partial charge < -0.3 is 11.1 Å². The maximum Gasteiger partial charge on any atom is 0.255 e. The predicted molar refractivity (Wildman–Crippen MR) is 84.5 cm³/mol. The van der Waals surface area contributed by atoms with Gasteiger partial charge in [0.05, 0.1) is 5.56 Å². The third-order valence-corrected chi connectivity index (χ3v) is 4.54. The minimum atomic E-state index is -0.117. The Kier molecular flexibility index (Phi) is 5.40. The van der Waals surface area contributed by atoms with Gasteiger partial charge in [0.25, 0.3) is 5.91 Å². The normalized spacial score (nSPS) is 17.7. The van der Waals surface area contributed by atoms with Gasteiger partial charge in [-0.15, -0.1) is 0 Å². The molecule has 20 heavy (non-hydrogen) atoms. The summed E-state index contributed by atoms with van der Waals surface area (Å²) in [7, 11) is 0. The van der Waals surface area contributed by atoms with Crippen molar-refractivity contribution in [2.24, 2.45) is 5.92 Å². The molecule has 110 valence electrons. The lowest BCUT2D eigenvalue weighted by Crippen LogP contribution is -2.41. The number of amides is 1. The van der Waals surface area contributed by atoms with E-state index in [1.165, 1.54) is 32.1 Å². The van der Waals surface area contributed by atoms with Crippen LogP contribution in [0.2, 0.25) is 0 Å². The summed E-state index contributed by atoms with van der Waals surface area (Å²) in [5, 5.41) is 3.14. The van der Waals surface area contributed by atoms with Gasteiger partial charge in [-0.3, -0.25) is 4.79 Å². The molecule has 0 aliphatic heterocycles. The van der Waals surface area contributed by atoms with Crippen LogP contribution in [0.15, 0.2) is 16.7 Å². The van der Waals surface area contributed by atoms with E-state index in [9.17, 15) is 4.79 Å². The van der Waals surface area contributed by atoms with Crippen molar-refractivity contribution in [1.29, 1.82) is 0 Å². The summed E-state index contributed by atoms with van der Waals surface area (Å²) < 4.78 is 0.766. The van der Waals surface area contributed by atoms with E-state index < -0.39 is 0 Å². The summed E-state index contributed by atoms with van der Waals surface area (Å²) in [5.74, 6) is 0.761. The Balaban J connectivity index is 2.06. The van der Waals surface area contributed by atoms with Crippen LogP contribution in [0.3, 0.4) is 0 Å². The van der Waals surface area contributed by atoms with Gasteiger partial charge >= 0.3 is 0 Å². The highest BCUT2D eigenvalue weighted by Crippen LogP contribution is 2.28. The maximum atomic E-state index is 12.4. The first-order chi connectivity index (χ1) is 9.61. The van der Waals surface area contributed by atoms with Crippen molar-refractivity contribution in [1.82, 2.24) is 10.3 Å². The van der Waals surface area contributed by atoms with Crippen molar-refractivity contribution in [3.05, 3.63) is 22.3 Å². The van der Waals surface area contributed by atoms with E-state index in [4.69, 9.17) is 5.73 Å². The molecule has 1 atom stereocenters. The minimum Gasteiger partial charge on any atom is -0.383 e. The molecule has 1 aliphatic carbocycles. The molecule has 0 spiro atoms. The third-order valence-electron chi connectivity index (χ3n) is 4.10. The number of aromatic nitrogens is 1. The number of anilines is 1. The van der Waals surface area contributed by atoms with E-state index in [1.807, 2.05) is 0 Å². The monoisotopic (exact) mass is 339 g/mol. The first-order valence-corrected chi connectivity index (χ1v) is 8.13. The lowest BCUT2D eigenvalue weighted by Gasteiger charge is -2.30. The van der Waals surface area contributed by atoms with Gasteiger partial charge in [-0.2, -0.15) is 0 Å². The molecule has 0 radical (unpaired) electrons. The van der Waals surface area contributed by atoms with Crippen LogP contribution in [0.4, 0.5) is 5.82 Å². The molecule has 1 fully saturated rings. The highest BCUT2D eigenvalue weighted by atomic mass is 79.9. The summed E-state index contributed by atoms with van der Waals surface area (Å²) in [6.45, 7) is 2.13. The fraction of sp³-hybridized carbons (Fsp3) is 0.600. The molecule has 0 saturated heterocycles. The van der Waals surface area contributed by atoms with Gasteiger partial charge in [0.1, 0.15) is 5.82 Å². The first-order valence-electron chi connectivity index (χ1n) is 7.33. The number of carbonyl (C=O) groups is 1. The number of nitrogens with zero attached hydrogens (tertiary/aromatic N) is 1. The fourth-order valence-corrected chi connectivity index (χ4v) is 3.30. The van der Waals surface area contributed by atoms with Crippen LogP contribution in [-0.2, 0) is 0 Å². The van der Waals surface area contributed by atoms with E-state index in [0.29, 0.717) is 11.5 Å². The number of nitrogens with two attached hydrogens (primary N) is 1. The molecule has 1 aromatic heterocycles. The van der Waals surface area contributed by atoms with Crippen molar-refractivity contribution in [3.8, 4) is 0 Å². The summed E-state index contributed by atoms with van der Waals surface area (Å²) >= 11 is 3.33. The molecular formula is C15H22BrN3O. The molecule has 5 heteroatoms. The van der Waals surface area contributed by atoms with E-state index in [2.05, 4.69) is 33.2 Å². The number of halogens is 1. The molecule has 1 aromatic rings. The van der Waals surface area contributed by atoms with Gasteiger partial charge in [0.15, 0.2) is 0 Å². The van der Waals surface area contributed by atoms with Crippen LogP contribution >= 0.6 is 15.9 Å². The molecule has 1 aliphatic rings. The average molecular weight is 340 g/mol. The van der Waals surface area contributed by atoms with Crippen LogP contribution in [0, 0.1) is 5.92 Å². The van der Waals surface area contributed by atoms with Crippen LogP contribution in [0.1, 0.15) is 55.8 Å². The standard InChI is InChI=1S/C15H22BrN3O/c1-2-13(10-6-4-3-5-7-10)19-15(20)12-8-11(16)9-18-14(12)17/h8-10,13H,2-7H2,1H3,(H2,17,18)(H,19,20). The Morgan fingerprint density at radius 3 is 2.85 bits per heavy atom. The van der Waals surface area contributed by atoms with Crippen LogP contribution in [0.25, 0.3) is 0 Å². The molecule has 1 unspecified atom stereocenters. The highest BCUT2D eigenvalue weighted by Gasteiger charge is 2.24. The van der Waals surface area contributed by atoms with E-state index in [-0.39, 0.29) is 17.8 Å². The molecule has 1 saturated carbocycles. The molecule has 0 bridgehead atoms. The van der Waals surface area contributed by atoms with Crippen LogP contribution in [0.5, 0.6) is 0 Å². The molecule has 2 rings (SSSR count). The summed E-state index contributed by atoms with van der Waals surface area (Å²) in [6, 6.07) is 1.96. The molecule has 0 aromatic carbocycles. The number of pyridine rings is 1. The average Bonchev–Trinajstić information content (AvgIpc) is 2.48. The first kappa shape index (κ1) is 15.3. The van der Waals surface area contributed by atoms with Gasteiger partial charge in [0.2, 0.25) is 0 Å². The number of nitrogens with one attached hydrogen (secondary N) is 1. The lowest BCUT2D eigenvalue weighted by atomic mass is 9.83. The number of nitrogen functional groups attached to an aromatic ring is 1. The number of hydrogen-bond acceptors (Lipinski definition) is 3. The van der Waals surface area contributed by atoms with Crippen LogP contribution in [-0.4, -0.2) is 16.9 Å². The maximum absolute atomic E-state index is 12.4. The Labute approximate surface area is 128 Å². The Hall–Kier alpha value is -1.10. The second-order valence-corrected chi connectivity index (χ2v) is 6.39. The Morgan fingerprint density at radius 1 is 1.50 bits per heavy atom. The number of carbonyl (C=O) groups excluding carboxylic acids is 1. The van der Waals surface area contributed by atoms with E-state index >= 15 is 0 Å². The SMILES string of the molecule is CCC(NC(=O)c1cc(Br)cnc1N)C1CCCCC1. The van der Waals surface area contributed by atoms with Crippen molar-refractivity contribution in [2.45, 2.75) is 51.5 Å². The fourth-order valence-electron chi connectivity index (χ4n) is 2.97. The zero-order valence-corrected chi connectivity index (χ0v) is 13.4. The third kappa shape index (κ3) is 3.72. The quantitative estimate of drug-likeness (QED) is 0.881. The Morgan fingerprint density at radius 2 is 2.20 bits per heavy atom. The highest BCUT2D eigenvalue weighted by molar-refractivity contribution is 9.10. The van der Waals surface area contributed by atoms with Crippen molar-refractivity contribution in [3.63, 3.8) is 0 Å². The van der Waals surface area contributed by atoms with E-state index in [1.54, 1.807) is 12.3 Å². The summed E-state index contributed by atoms with van der Waals surface area (Å²) in [4.78, 5) is 16.4. The summed E-state index contributed by atoms with van der Waals surface area (Å²) in [6.07, 6.45) is 8.86. The second kappa shape index (κ2) is 7.07. The van der Waals surface area contributed by atoms with Gasteiger partial charge in [-0.05, 0) is 47.2 Å². The predicted octanol–water partition coefficient (Wildman–Crippen LogP) is 3.52. The zero-order valence-electron chi connectivity index (χ0n) is 11.9. The van der Waals surface area contributed by atoms with Crippen molar-refractivity contribution >= 4 is 27.7 Å². The molecule has 3 N–H and O–H groups in total. The number of rotatable bonds is 4. The molecule has 4 nitrogen and oxygen atoms in total. The lowest BCUT2D eigenvalue weighted by molar-refractivity contribution is 0.0911. The molecule has 1 heterocycles. The van der Waals surface area contributed by atoms with Gasteiger partial charge in [0, 0.05) is 16.7 Å². The van der Waals surface area contributed by atoms with Gasteiger partial charge in [-0.25, -0.2) is 4.98 Å². The van der Waals surface area contributed by atoms with Crippen molar-refractivity contribution < 1.29 is 4.79 Å². The topological polar surface area (TPSA) is 68.0 Å². The smallest absolute Gasteiger partial charge is 0.255 e. The molecular weight excluding hydrogens is 318 g/mol.